The van der Waals surface area contributed by atoms with Crippen LogP contribution in [0.25, 0.3) is 0 Å². The van der Waals surface area contributed by atoms with E-state index in [1.54, 1.807) is 0 Å². The Hall–Kier alpha value is -0.570. The van der Waals surface area contributed by atoms with Gasteiger partial charge in [-0.25, -0.2) is 0 Å². The van der Waals surface area contributed by atoms with Gasteiger partial charge in [0, 0.05) is 5.41 Å². The molecule has 4 rings (SSSR count). The molecular formula is C15H27N2O+. The largest absolute Gasteiger partial charge is 0.365 e. The van der Waals surface area contributed by atoms with E-state index in [1.807, 2.05) is 6.92 Å². The van der Waals surface area contributed by atoms with Gasteiger partial charge in [0.05, 0.1) is 6.04 Å². The van der Waals surface area contributed by atoms with Crippen molar-refractivity contribution in [3.63, 3.8) is 0 Å². The summed E-state index contributed by atoms with van der Waals surface area (Å²) in [5, 5.41) is 2.23. The first kappa shape index (κ1) is 12.5. The number of hydrogen-bond donors (Lipinski definition) is 2. The van der Waals surface area contributed by atoms with E-state index in [-0.39, 0.29) is 11.9 Å². The quantitative estimate of drug-likeness (QED) is 0.770. The number of nitrogens with two attached hydrogens (primary N) is 2. The first-order valence-electron chi connectivity index (χ1n) is 7.63. The van der Waals surface area contributed by atoms with Crippen LogP contribution in [0.3, 0.4) is 0 Å². The van der Waals surface area contributed by atoms with E-state index in [4.69, 9.17) is 5.73 Å². The van der Waals surface area contributed by atoms with Crippen LogP contribution < -0.4 is 11.1 Å². The Balaban J connectivity index is 1.72. The van der Waals surface area contributed by atoms with E-state index in [0.29, 0.717) is 11.5 Å². The Morgan fingerprint density at radius 1 is 1.11 bits per heavy atom. The minimum atomic E-state index is -0.174. The van der Waals surface area contributed by atoms with E-state index in [1.165, 1.54) is 38.5 Å². The third-order valence-electron chi connectivity index (χ3n) is 6.08. The average Bonchev–Trinajstić information content (AvgIpc) is 2.26. The lowest BCUT2D eigenvalue weighted by Gasteiger charge is -2.58. The fraction of sp³-hybridized carbons (Fsp3) is 0.933. The molecule has 0 radical (unpaired) electrons. The van der Waals surface area contributed by atoms with Gasteiger partial charge in [-0.1, -0.05) is 0 Å². The van der Waals surface area contributed by atoms with Gasteiger partial charge in [0.15, 0.2) is 6.04 Å². The van der Waals surface area contributed by atoms with Gasteiger partial charge in [-0.2, -0.15) is 0 Å². The number of carbonyl (C=O) groups is 1. The van der Waals surface area contributed by atoms with Gasteiger partial charge in [0.2, 0.25) is 0 Å². The Morgan fingerprint density at radius 3 is 1.94 bits per heavy atom. The van der Waals surface area contributed by atoms with Gasteiger partial charge < -0.3 is 11.1 Å². The predicted octanol–water partition coefficient (Wildman–Crippen LogP) is 1.03. The lowest BCUT2D eigenvalue weighted by Crippen LogP contribution is -2.98. The van der Waals surface area contributed by atoms with Crippen LogP contribution in [-0.2, 0) is 4.79 Å². The predicted molar refractivity (Wildman–Crippen MR) is 70.6 cm³/mol. The number of quaternary nitrogens is 1. The van der Waals surface area contributed by atoms with Crippen LogP contribution in [0.5, 0.6) is 0 Å². The molecule has 0 aromatic heterocycles. The highest BCUT2D eigenvalue weighted by Gasteiger charge is 2.54. The number of primary amides is 1. The Kier molecular flexibility index (Phi) is 2.92. The molecule has 4 fully saturated rings. The molecule has 4 N–H and O–H groups in total. The maximum absolute atomic E-state index is 11.3. The van der Waals surface area contributed by atoms with Crippen molar-refractivity contribution < 1.29 is 10.1 Å². The van der Waals surface area contributed by atoms with Crippen LogP contribution in [0.1, 0.15) is 52.4 Å². The van der Waals surface area contributed by atoms with Crippen molar-refractivity contribution in [2.45, 2.75) is 64.5 Å². The Labute approximate surface area is 110 Å². The Bertz CT molecular complexity index is 317. The molecule has 18 heavy (non-hydrogen) atoms. The maximum atomic E-state index is 11.3. The topological polar surface area (TPSA) is 59.7 Å². The standard InChI is InChI=1S/C15H26N2O/c1-9(14(16)18)17-10(2)15-6-11-3-12(7-15)5-13(4-11)8-15/h9-13,17H,3-8H2,1-2H3,(H2,16,18)/p+1/t9-,10-,11?,12?,13?,15?/m1/s1. The highest BCUT2D eigenvalue weighted by Crippen LogP contribution is 2.60. The summed E-state index contributed by atoms with van der Waals surface area (Å²) in [6.45, 7) is 4.27. The van der Waals surface area contributed by atoms with Crippen molar-refractivity contribution in [1.82, 2.24) is 0 Å². The van der Waals surface area contributed by atoms with Crippen molar-refractivity contribution in [3.8, 4) is 0 Å². The number of carbonyl (C=O) groups excluding carboxylic acids is 1. The molecule has 0 aromatic rings. The molecule has 3 heteroatoms. The SMILES string of the molecule is C[C@@H]([NH2+][C@H](C)C12CC3CC(CC(C3)C1)C2)C(N)=O. The summed E-state index contributed by atoms with van der Waals surface area (Å²) in [5.41, 5.74) is 5.92. The zero-order valence-corrected chi connectivity index (χ0v) is 11.7. The lowest BCUT2D eigenvalue weighted by atomic mass is 9.48. The summed E-state index contributed by atoms with van der Waals surface area (Å²) < 4.78 is 0. The minimum Gasteiger partial charge on any atom is -0.365 e. The van der Waals surface area contributed by atoms with Gasteiger partial charge in [0.25, 0.3) is 5.91 Å². The van der Waals surface area contributed by atoms with Crippen LogP contribution in [0.4, 0.5) is 0 Å². The molecule has 0 unspecified atom stereocenters. The average molecular weight is 251 g/mol. The van der Waals surface area contributed by atoms with Gasteiger partial charge in [-0.15, -0.1) is 0 Å². The summed E-state index contributed by atoms with van der Waals surface area (Å²) in [6, 6.07) is 0.474. The highest BCUT2D eigenvalue weighted by molar-refractivity contribution is 5.77. The molecule has 4 aliphatic rings. The fourth-order valence-corrected chi connectivity index (χ4v) is 5.47. The monoisotopic (exact) mass is 251 g/mol. The first-order valence-corrected chi connectivity index (χ1v) is 7.63. The second-order valence-corrected chi connectivity index (χ2v) is 7.45. The van der Waals surface area contributed by atoms with Crippen molar-refractivity contribution in [2.24, 2.45) is 28.9 Å². The van der Waals surface area contributed by atoms with Crippen LogP contribution in [-0.4, -0.2) is 18.0 Å². The molecule has 0 saturated heterocycles. The second kappa shape index (κ2) is 4.22. The van der Waals surface area contributed by atoms with Crippen molar-refractivity contribution in [1.29, 1.82) is 0 Å². The molecule has 3 nitrogen and oxygen atoms in total. The molecule has 2 atom stereocenters. The van der Waals surface area contributed by atoms with Crippen molar-refractivity contribution >= 4 is 5.91 Å². The van der Waals surface area contributed by atoms with E-state index in [2.05, 4.69) is 12.2 Å². The smallest absolute Gasteiger partial charge is 0.275 e. The Morgan fingerprint density at radius 2 is 1.56 bits per heavy atom. The molecule has 4 aliphatic carbocycles. The summed E-state index contributed by atoms with van der Waals surface area (Å²) in [7, 11) is 0. The van der Waals surface area contributed by atoms with Crippen LogP contribution in [0, 0.1) is 23.2 Å². The normalized spacial score (nSPS) is 44.9. The fourth-order valence-electron chi connectivity index (χ4n) is 5.47. The van der Waals surface area contributed by atoms with Crippen LogP contribution in [0.15, 0.2) is 0 Å². The van der Waals surface area contributed by atoms with Gasteiger partial charge >= 0.3 is 0 Å². The molecule has 4 saturated carbocycles. The second-order valence-electron chi connectivity index (χ2n) is 7.45. The highest BCUT2D eigenvalue weighted by atomic mass is 16.1. The van der Waals surface area contributed by atoms with Gasteiger partial charge in [-0.05, 0) is 70.1 Å². The summed E-state index contributed by atoms with van der Waals surface area (Å²) in [4.78, 5) is 11.3. The number of rotatable bonds is 4. The molecule has 4 bridgehead atoms. The molecular weight excluding hydrogens is 224 g/mol. The van der Waals surface area contributed by atoms with Crippen LogP contribution >= 0.6 is 0 Å². The zero-order valence-electron chi connectivity index (χ0n) is 11.7. The summed E-state index contributed by atoms with van der Waals surface area (Å²) in [5.74, 6) is 2.77. The van der Waals surface area contributed by atoms with E-state index in [9.17, 15) is 4.79 Å². The van der Waals surface area contributed by atoms with Crippen LogP contribution in [0.2, 0.25) is 0 Å². The van der Waals surface area contributed by atoms with E-state index < -0.39 is 0 Å². The molecule has 0 spiro atoms. The molecule has 0 heterocycles. The number of hydrogen-bond acceptors (Lipinski definition) is 1. The molecule has 0 aliphatic heterocycles. The van der Waals surface area contributed by atoms with Crippen molar-refractivity contribution in [3.05, 3.63) is 0 Å². The van der Waals surface area contributed by atoms with Gasteiger partial charge in [0.1, 0.15) is 0 Å². The third kappa shape index (κ3) is 1.97. The zero-order chi connectivity index (χ0) is 12.9. The summed E-state index contributed by atoms with van der Waals surface area (Å²) >= 11 is 0. The molecule has 102 valence electrons. The summed E-state index contributed by atoms with van der Waals surface area (Å²) in [6.07, 6.45) is 8.67. The van der Waals surface area contributed by atoms with E-state index in [0.717, 1.165) is 17.8 Å². The first-order chi connectivity index (χ1) is 8.48. The number of amides is 1. The minimum absolute atomic E-state index is 0.0759. The molecule has 1 amide bonds. The third-order valence-corrected chi connectivity index (χ3v) is 6.08. The van der Waals surface area contributed by atoms with E-state index >= 15 is 0 Å². The van der Waals surface area contributed by atoms with Gasteiger partial charge in [-0.3, -0.25) is 4.79 Å². The maximum Gasteiger partial charge on any atom is 0.275 e. The van der Waals surface area contributed by atoms with Crippen molar-refractivity contribution in [2.75, 3.05) is 0 Å². The molecule has 0 aromatic carbocycles. The lowest BCUT2D eigenvalue weighted by molar-refractivity contribution is -0.718.